The molecule has 3 aromatic rings. The minimum atomic E-state index is -1.33. The standard InChI is InChI=1S/C19H14N2O6/c22-15-10-13(7-8-14(15)19(25)26)21-17(23)11-3-5-12(6-4-11)20-18(24)16-2-1-9-27-16/h1-10,22H,(H,20,24)(H,21,23)(H,25,26)/p-1. The van der Waals surface area contributed by atoms with E-state index in [2.05, 4.69) is 10.6 Å². The SMILES string of the molecule is O=C(Nc1ccc(C(=O)O)c([O-])c1)c1ccc(NC(=O)c2ccco2)cc1. The molecule has 136 valence electrons. The van der Waals surface area contributed by atoms with Gasteiger partial charge < -0.3 is 25.3 Å². The first-order valence-electron chi connectivity index (χ1n) is 7.74. The first-order valence-corrected chi connectivity index (χ1v) is 7.74. The van der Waals surface area contributed by atoms with Gasteiger partial charge in [0.05, 0.1) is 11.8 Å². The quantitative estimate of drug-likeness (QED) is 0.637. The number of benzene rings is 2. The van der Waals surface area contributed by atoms with Gasteiger partial charge in [0.1, 0.15) is 0 Å². The van der Waals surface area contributed by atoms with Crippen molar-refractivity contribution in [3.8, 4) is 5.75 Å². The van der Waals surface area contributed by atoms with Crippen molar-refractivity contribution in [1.82, 2.24) is 0 Å². The van der Waals surface area contributed by atoms with E-state index in [9.17, 15) is 19.5 Å². The topological polar surface area (TPSA) is 132 Å². The van der Waals surface area contributed by atoms with Crippen LogP contribution in [0.2, 0.25) is 0 Å². The van der Waals surface area contributed by atoms with E-state index >= 15 is 0 Å². The maximum Gasteiger partial charge on any atom is 0.335 e. The van der Waals surface area contributed by atoms with Crippen molar-refractivity contribution in [3.05, 3.63) is 77.7 Å². The van der Waals surface area contributed by atoms with Crippen molar-refractivity contribution in [2.75, 3.05) is 10.6 Å². The molecule has 0 spiro atoms. The molecule has 0 saturated heterocycles. The maximum atomic E-state index is 12.2. The number of carboxylic acid groups (broad SMARTS) is 1. The molecule has 1 aromatic heterocycles. The minimum Gasteiger partial charge on any atom is -0.872 e. The molecule has 8 nitrogen and oxygen atoms in total. The Morgan fingerprint density at radius 2 is 1.56 bits per heavy atom. The molecule has 0 fully saturated rings. The highest BCUT2D eigenvalue weighted by atomic mass is 16.4. The van der Waals surface area contributed by atoms with Crippen LogP contribution in [0, 0.1) is 0 Å². The smallest absolute Gasteiger partial charge is 0.335 e. The summed E-state index contributed by atoms with van der Waals surface area (Å²) in [6.07, 6.45) is 1.39. The third-order valence-corrected chi connectivity index (χ3v) is 3.62. The van der Waals surface area contributed by atoms with Gasteiger partial charge in [-0.05, 0) is 54.6 Å². The van der Waals surface area contributed by atoms with Gasteiger partial charge in [0.2, 0.25) is 0 Å². The summed E-state index contributed by atoms with van der Waals surface area (Å²) in [7, 11) is 0. The largest absolute Gasteiger partial charge is 0.872 e. The third kappa shape index (κ3) is 4.13. The predicted molar refractivity (Wildman–Crippen MR) is 93.9 cm³/mol. The van der Waals surface area contributed by atoms with Gasteiger partial charge in [0.25, 0.3) is 11.8 Å². The van der Waals surface area contributed by atoms with Crippen LogP contribution in [-0.4, -0.2) is 22.9 Å². The third-order valence-electron chi connectivity index (χ3n) is 3.62. The van der Waals surface area contributed by atoms with Crippen LogP contribution in [0.25, 0.3) is 0 Å². The summed E-state index contributed by atoms with van der Waals surface area (Å²) < 4.78 is 4.99. The van der Waals surface area contributed by atoms with Gasteiger partial charge >= 0.3 is 5.97 Å². The zero-order valence-corrected chi connectivity index (χ0v) is 13.8. The second kappa shape index (κ2) is 7.44. The number of hydrogen-bond donors (Lipinski definition) is 3. The van der Waals surface area contributed by atoms with E-state index in [0.29, 0.717) is 11.3 Å². The summed E-state index contributed by atoms with van der Waals surface area (Å²) in [6, 6.07) is 12.7. The van der Waals surface area contributed by atoms with Crippen LogP contribution in [0.15, 0.2) is 65.3 Å². The van der Waals surface area contributed by atoms with Gasteiger partial charge in [-0.2, -0.15) is 0 Å². The second-order valence-corrected chi connectivity index (χ2v) is 5.48. The second-order valence-electron chi connectivity index (χ2n) is 5.48. The highest BCUT2D eigenvalue weighted by Crippen LogP contribution is 2.20. The summed E-state index contributed by atoms with van der Waals surface area (Å²) >= 11 is 0. The molecule has 0 aliphatic carbocycles. The fourth-order valence-electron chi connectivity index (χ4n) is 2.29. The van der Waals surface area contributed by atoms with Crippen molar-refractivity contribution in [2.24, 2.45) is 0 Å². The average molecular weight is 365 g/mol. The monoisotopic (exact) mass is 365 g/mol. The first-order chi connectivity index (χ1) is 12.9. The average Bonchev–Trinajstić information content (AvgIpc) is 3.17. The van der Waals surface area contributed by atoms with E-state index in [0.717, 1.165) is 12.1 Å². The number of carboxylic acids is 1. The number of amides is 2. The zero-order valence-electron chi connectivity index (χ0n) is 13.8. The van der Waals surface area contributed by atoms with Gasteiger partial charge in [0.15, 0.2) is 5.76 Å². The molecular weight excluding hydrogens is 352 g/mol. The molecule has 0 aliphatic rings. The van der Waals surface area contributed by atoms with Gasteiger partial charge in [-0.15, -0.1) is 0 Å². The van der Waals surface area contributed by atoms with Gasteiger partial charge in [-0.25, -0.2) is 4.79 Å². The van der Waals surface area contributed by atoms with E-state index in [1.165, 1.54) is 30.5 Å². The molecular formula is C19H13N2O6-. The number of furan rings is 1. The fraction of sp³-hybridized carbons (Fsp3) is 0. The van der Waals surface area contributed by atoms with Crippen molar-refractivity contribution in [1.29, 1.82) is 0 Å². The number of hydrogen-bond acceptors (Lipinski definition) is 5. The Hall–Kier alpha value is -4.07. The summed E-state index contributed by atoms with van der Waals surface area (Å²) in [5.74, 6) is -2.77. The van der Waals surface area contributed by atoms with E-state index in [4.69, 9.17) is 9.52 Å². The van der Waals surface area contributed by atoms with Gasteiger partial charge in [0, 0.05) is 16.9 Å². The highest BCUT2D eigenvalue weighted by Gasteiger charge is 2.11. The molecule has 0 unspecified atom stereocenters. The molecule has 0 bridgehead atoms. The predicted octanol–water partition coefficient (Wildman–Crippen LogP) is 2.56. The number of aromatic carboxylic acids is 1. The lowest BCUT2D eigenvalue weighted by molar-refractivity contribution is -0.268. The Bertz CT molecular complexity index is 994. The summed E-state index contributed by atoms with van der Waals surface area (Å²) in [5, 5.41) is 25.6. The molecule has 0 aliphatic heterocycles. The van der Waals surface area contributed by atoms with Gasteiger partial charge in [-0.1, -0.05) is 5.75 Å². The van der Waals surface area contributed by atoms with Crippen molar-refractivity contribution >= 4 is 29.2 Å². The van der Waals surface area contributed by atoms with Crippen LogP contribution in [0.4, 0.5) is 11.4 Å². The maximum absolute atomic E-state index is 12.2. The van der Waals surface area contributed by atoms with Crippen molar-refractivity contribution < 1.29 is 29.0 Å². The molecule has 3 N–H and O–H groups in total. The number of carbonyl (C=O) groups excluding carboxylic acids is 2. The minimum absolute atomic E-state index is 0.162. The Labute approximate surface area is 153 Å². The van der Waals surface area contributed by atoms with Crippen molar-refractivity contribution in [3.63, 3.8) is 0 Å². The van der Waals surface area contributed by atoms with E-state index in [1.807, 2.05) is 0 Å². The lowest BCUT2D eigenvalue weighted by atomic mass is 10.1. The molecule has 3 rings (SSSR count). The van der Waals surface area contributed by atoms with Gasteiger partial charge in [-0.3, -0.25) is 9.59 Å². The van der Waals surface area contributed by atoms with Crippen LogP contribution in [-0.2, 0) is 0 Å². The van der Waals surface area contributed by atoms with Crippen LogP contribution < -0.4 is 15.7 Å². The summed E-state index contributed by atoms with van der Waals surface area (Å²) in [5.41, 5.74) is 0.580. The molecule has 0 radical (unpaired) electrons. The molecule has 0 saturated carbocycles. The molecule has 2 amide bonds. The number of anilines is 2. The van der Waals surface area contributed by atoms with Crippen LogP contribution in [0.1, 0.15) is 31.3 Å². The van der Waals surface area contributed by atoms with E-state index in [-0.39, 0.29) is 17.0 Å². The van der Waals surface area contributed by atoms with E-state index < -0.39 is 23.5 Å². The number of nitrogens with one attached hydrogen (secondary N) is 2. The molecule has 1 heterocycles. The molecule has 2 aromatic carbocycles. The Morgan fingerprint density at radius 3 is 2.15 bits per heavy atom. The Morgan fingerprint density at radius 1 is 0.889 bits per heavy atom. The lowest BCUT2D eigenvalue weighted by Crippen LogP contribution is -2.14. The number of carbonyl (C=O) groups is 3. The number of rotatable bonds is 5. The van der Waals surface area contributed by atoms with Crippen LogP contribution >= 0.6 is 0 Å². The first kappa shape index (κ1) is 17.7. The fourth-order valence-corrected chi connectivity index (χ4v) is 2.29. The van der Waals surface area contributed by atoms with E-state index in [1.54, 1.807) is 18.2 Å². The zero-order chi connectivity index (χ0) is 19.4. The van der Waals surface area contributed by atoms with Crippen LogP contribution in [0.3, 0.4) is 0 Å². The highest BCUT2D eigenvalue weighted by molar-refractivity contribution is 6.06. The summed E-state index contributed by atoms with van der Waals surface area (Å²) in [4.78, 5) is 35.0. The van der Waals surface area contributed by atoms with Crippen LogP contribution in [0.5, 0.6) is 5.75 Å². The summed E-state index contributed by atoms with van der Waals surface area (Å²) in [6.45, 7) is 0. The Kier molecular flexibility index (Phi) is 4.89. The Balaban J connectivity index is 1.66. The van der Waals surface area contributed by atoms with Crippen molar-refractivity contribution in [2.45, 2.75) is 0 Å². The normalized spacial score (nSPS) is 10.2. The molecule has 0 atom stereocenters. The molecule has 8 heteroatoms. The lowest BCUT2D eigenvalue weighted by Gasteiger charge is -2.13. The molecule has 27 heavy (non-hydrogen) atoms.